The molecule has 0 spiro atoms. The number of primary sulfonamides is 1. The van der Waals surface area contributed by atoms with Crippen molar-refractivity contribution in [1.29, 1.82) is 0 Å². The van der Waals surface area contributed by atoms with Gasteiger partial charge in [-0.3, -0.25) is 4.79 Å². The van der Waals surface area contributed by atoms with Crippen LogP contribution in [0.1, 0.15) is 32.1 Å². The number of piperidine rings is 2. The van der Waals surface area contributed by atoms with Crippen molar-refractivity contribution in [3.05, 3.63) is 0 Å². The normalized spacial score (nSPS) is 32.6. The zero-order chi connectivity index (χ0) is 11.1. The van der Waals surface area contributed by atoms with E-state index in [4.69, 9.17) is 5.14 Å². The zero-order valence-corrected chi connectivity index (χ0v) is 9.37. The molecule has 0 radical (unpaired) electrons. The van der Waals surface area contributed by atoms with Crippen LogP contribution in [0.2, 0.25) is 0 Å². The minimum Gasteiger partial charge on any atom is -0.338 e. The fraction of sp³-hybridized carbons (Fsp3) is 0.889. The Morgan fingerprint density at radius 1 is 1.27 bits per heavy atom. The molecular weight excluding hydrogens is 216 g/mol. The summed E-state index contributed by atoms with van der Waals surface area (Å²) >= 11 is 0. The minimum atomic E-state index is -3.49. The number of nitrogens with zero attached hydrogens (tertiary/aromatic N) is 1. The number of hydrogen-bond donors (Lipinski definition) is 1. The van der Waals surface area contributed by atoms with Gasteiger partial charge in [-0.15, -0.1) is 0 Å². The van der Waals surface area contributed by atoms with Crippen molar-refractivity contribution in [3.63, 3.8) is 0 Å². The first-order valence-electron chi connectivity index (χ1n) is 5.29. The zero-order valence-electron chi connectivity index (χ0n) is 8.55. The maximum absolute atomic E-state index is 11.6. The van der Waals surface area contributed by atoms with Crippen molar-refractivity contribution in [2.75, 3.05) is 6.54 Å². The Balaban J connectivity index is 2.12. The second-order valence-electron chi connectivity index (χ2n) is 4.38. The van der Waals surface area contributed by atoms with Crippen LogP contribution < -0.4 is 5.14 Å². The second kappa shape index (κ2) is 3.75. The van der Waals surface area contributed by atoms with E-state index in [0.29, 0.717) is 19.4 Å². The van der Waals surface area contributed by atoms with Crippen molar-refractivity contribution in [2.24, 2.45) is 5.14 Å². The van der Waals surface area contributed by atoms with Gasteiger partial charge in [0.15, 0.2) is 0 Å². The third-order valence-electron chi connectivity index (χ3n) is 3.38. The average molecular weight is 232 g/mol. The van der Waals surface area contributed by atoms with Crippen LogP contribution >= 0.6 is 0 Å². The molecule has 2 rings (SSSR count). The molecule has 2 N–H and O–H groups in total. The number of carbonyl (C=O) groups excluding carboxylic acids is 1. The molecule has 86 valence electrons. The Morgan fingerprint density at radius 2 is 2.00 bits per heavy atom. The Morgan fingerprint density at radius 3 is 2.67 bits per heavy atom. The van der Waals surface area contributed by atoms with Crippen molar-refractivity contribution in [2.45, 2.75) is 43.4 Å². The Kier molecular flexibility index (Phi) is 2.72. The quantitative estimate of drug-likeness (QED) is 0.681. The molecule has 0 saturated carbocycles. The van der Waals surface area contributed by atoms with Crippen molar-refractivity contribution in [3.8, 4) is 0 Å². The van der Waals surface area contributed by atoms with Crippen LogP contribution in [0.3, 0.4) is 0 Å². The lowest BCUT2D eigenvalue weighted by Crippen LogP contribution is -2.53. The minimum absolute atomic E-state index is 0.0830. The predicted octanol–water partition coefficient (Wildman–Crippen LogP) is -0.182. The van der Waals surface area contributed by atoms with Crippen LogP contribution in [0.5, 0.6) is 0 Å². The topological polar surface area (TPSA) is 80.5 Å². The third-order valence-corrected chi connectivity index (χ3v) is 4.69. The summed E-state index contributed by atoms with van der Waals surface area (Å²) in [6, 6.07) is 0.254. The highest BCUT2D eigenvalue weighted by atomic mass is 32.2. The summed E-state index contributed by atoms with van der Waals surface area (Å²) in [7, 11) is -3.49. The van der Waals surface area contributed by atoms with Crippen LogP contribution in [0, 0.1) is 0 Å². The van der Waals surface area contributed by atoms with Gasteiger partial charge in [-0.2, -0.15) is 0 Å². The van der Waals surface area contributed by atoms with E-state index < -0.39 is 15.3 Å². The van der Waals surface area contributed by atoms with Gasteiger partial charge in [-0.25, -0.2) is 13.6 Å². The maximum Gasteiger partial charge on any atom is 0.222 e. The molecule has 5 nitrogen and oxygen atoms in total. The first-order chi connectivity index (χ1) is 6.98. The van der Waals surface area contributed by atoms with E-state index in [-0.39, 0.29) is 11.9 Å². The van der Waals surface area contributed by atoms with E-state index >= 15 is 0 Å². The molecule has 0 aliphatic carbocycles. The Labute approximate surface area is 89.7 Å². The molecule has 1 amide bonds. The highest BCUT2D eigenvalue weighted by Crippen LogP contribution is 2.28. The second-order valence-corrected chi connectivity index (χ2v) is 6.23. The number of amides is 1. The Hall–Kier alpha value is -0.620. The molecule has 2 aliphatic heterocycles. The van der Waals surface area contributed by atoms with Gasteiger partial charge in [-0.1, -0.05) is 0 Å². The standard InChI is InChI=1S/C9H16N2O3S/c10-15(13,14)8-5-4-7-2-1-3-9(12)11(7)6-8/h7-8H,1-6H2,(H2,10,13,14)/t7-,8+/m1/s1. The lowest BCUT2D eigenvalue weighted by atomic mass is 9.93. The number of hydrogen-bond acceptors (Lipinski definition) is 3. The monoisotopic (exact) mass is 232 g/mol. The molecule has 2 aliphatic rings. The highest BCUT2D eigenvalue weighted by molar-refractivity contribution is 7.89. The lowest BCUT2D eigenvalue weighted by molar-refractivity contribution is -0.137. The highest BCUT2D eigenvalue weighted by Gasteiger charge is 2.37. The van der Waals surface area contributed by atoms with Crippen LogP contribution in [0.4, 0.5) is 0 Å². The van der Waals surface area contributed by atoms with Gasteiger partial charge < -0.3 is 4.90 Å². The van der Waals surface area contributed by atoms with Crippen molar-refractivity contribution >= 4 is 15.9 Å². The van der Waals surface area contributed by atoms with Gasteiger partial charge in [-0.05, 0) is 25.7 Å². The van der Waals surface area contributed by atoms with Crippen LogP contribution in [0.25, 0.3) is 0 Å². The van der Waals surface area contributed by atoms with Gasteiger partial charge in [0, 0.05) is 19.0 Å². The van der Waals surface area contributed by atoms with E-state index in [1.54, 1.807) is 4.90 Å². The Bertz CT molecular complexity index is 366. The summed E-state index contributed by atoms with van der Waals surface area (Å²) in [5.74, 6) is 0.0830. The van der Waals surface area contributed by atoms with Crippen LogP contribution in [0.15, 0.2) is 0 Å². The lowest BCUT2D eigenvalue weighted by Gasteiger charge is -2.41. The predicted molar refractivity (Wildman–Crippen MR) is 55.5 cm³/mol. The van der Waals surface area contributed by atoms with Gasteiger partial charge in [0.05, 0.1) is 5.25 Å². The van der Waals surface area contributed by atoms with E-state index in [9.17, 15) is 13.2 Å². The van der Waals surface area contributed by atoms with Gasteiger partial charge in [0.1, 0.15) is 0 Å². The number of carbonyl (C=O) groups is 1. The van der Waals surface area contributed by atoms with Crippen molar-refractivity contribution < 1.29 is 13.2 Å². The molecule has 0 aromatic carbocycles. The number of nitrogens with two attached hydrogens (primary N) is 1. The van der Waals surface area contributed by atoms with Crippen LogP contribution in [-0.4, -0.2) is 37.1 Å². The first kappa shape index (κ1) is 10.9. The molecule has 6 heteroatoms. The van der Waals surface area contributed by atoms with Crippen LogP contribution in [-0.2, 0) is 14.8 Å². The molecule has 0 bridgehead atoms. The fourth-order valence-corrected chi connectivity index (χ4v) is 3.33. The maximum atomic E-state index is 11.6. The average Bonchev–Trinajstić information content (AvgIpc) is 2.16. The molecule has 0 aromatic rings. The summed E-state index contributed by atoms with van der Waals surface area (Å²) < 4.78 is 22.4. The third kappa shape index (κ3) is 2.15. The van der Waals surface area contributed by atoms with Gasteiger partial charge in [0.25, 0.3) is 0 Å². The molecule has 2 atom stereocenters. The summed E-state index contributed by atoms with van der Waals surface area (Å²) in [5, 5.41) is 4.55. The molecule has 2 saturated heterocycles. The summed E-state index contributed by atoms with van der Waals surface area (Å²) in [6.07, 6.45) is 3.84. The van der Waals surface area contributed by atoms with Gasteiger partial charge >= 0.3 is 0 Å². The summed E-state index contributed by atoms with van der Waals surface area (Å²) in [6.45, 7) is 0.294. The SMILES string of the molecule is NS(=O)(=O)[C@H]1CC[C@H]2CCCC(=O)N2C1. The van der Waals surface area contributed by atoms with Crippen molar-refractivity contribution in [1.82, 2.24) is 4.90 Å². The molecule has 0 aromatic heterocycles. The smallest absolute Gasteiger partial charge is 0.222 e. The molecule has 0 unspecified atom stereocenters. The van der Waals surface area contributed by atoms with Gasteiger partial charge in [0.2, 0.25) is 15.9 Å². The van der Waals surface area contributed by atoms with E-state index in [2.05, 4.69) is 0 Å². The molecule has 2 heterocycles. The first-order valence-corrected chi connectivity index (χ1v) is 6.90. The van der Waals surface area contributed by atoms with E-state index in [1.165, 1.54) is 0 Å². The molecule has 2 fully saturated rings. The summed E-state index contributed by atoms with van der Waals surface area (Å²) in [5.41, 5.74) is 0. The number of sulfonamides is 1. The number of rotatable bonds is 1. The molecule has 15 heavy (non-hydrogen) atoms. The van der Waals surface area contributed by atoms with E-state index in [0.717, 1.165) is 19.3 Å². The van der Waals surface area contributed by atoms with E-state index in [1.807, 2.05) is 0 Å². The largest absolute Gasteiger partial charge is 0.338 e. The summed E-state index contributed by atoms with van der Waals surface area (Å²) in [4.78, 5) is 13.3. The molecular formula is C9H16N2O3S. The fourth-order valence-electron chi connectivity index (χ4n) is 2.50. The number of fused-ring (bicyclic) bond motifs is 1.